The first-order valence-corrected chi connectivity index (χ1v) is 15.0. The van der Waals surface area contributed by atoms with Gasteiger partial charge in [0, 0.05) is 0 Å². The van der Waals surface area contributed by atoms with Crippen LogP contribution >= 0.6 is 7.82 Å². The van der Waals surface area contributed by atoms with E-state index in [1.807, 2.05) is 13.0 Å². The number of ether oxygens (including phenoxy) is 1. The van der Waals surface area contributed by atoms with Crippen molar-refractivity contribution in [2.24, 2.45) is 17.8 Å². The second-order valence-corrected chi connectivity index (χ2v) is 12.6. The van der Waals surface area contributed by atoms with Crippen LogP contribution in [-0.2, 0) is 11.0 Å². The molecule has 3 atom stereocenters. The van der Waals surface area contributed by atoms with Crippen LogP contribution in [0.3, 0.4) is 0 Å². The number of phenolic OH excluding ortho intramolecular Hbond substituents is 1. The number of fused-ring (bicyclic) bond motifs is 1. The molecule has 1 aromatic rings. The number of benzene rings is 1. The topological polar surface area (TPSA) is 107 Å². The van der Waals surface area contributed by atoms with Gasteiger partial charge in [-0.3, -0.25) is 0 Å². The van der Waals surface area contributed by atoms with E-state index in [2.05, 4.69) is 41.5 Å². The molecular weight excluding hydrogens is 509 g/mol. The maximum atomic E-state index is 10.1. The van der Waals surface area contributed by atoms with Gasteiger partial charge in [0.15, 0.2) is 0 Å². The first kappa shape index (κ1) is 40.1. The van der Waals surface area contributed by atoms with Crippen molar-refractivity contribution < 1.29 is 29.1 Å². The SMILES string of the molecule is Cc1c(O)cc2c(c1C)O[C@](C)(CCC[C@H](C)CCC[C@H](C)CCCC(C)C)CC2.O=P(O)(O)O.[NaH].[NaH]. The van der Waals surface area contributed by atoms with Crippen molar-refractivity contribution in [3.8, 4) is 11.5 Å². The van der Waals surface area contributed by atoms with Gasteiger partial charge in [-0.15, -0.1) is 0 Å². The van der Waals surface area contributed by atoms with Gasteiger partial charge in [0.25, 0.3) is 0 Å². The molecule has 4 N–H and O–H groups in total. The molecule has 1 aliphatic heterocycles. The minimum absolute atomic E-state index is 0. The Balaban J connectivity index is 0. The molecule has 1 heterocycles. The van der Waals surface area contributed by atoms with E-state index in [-0.39, 0.29) is 64.7 Å². The number of phenols is 1. The van der Waals surface area contributed by atoms with Crippen molar-refractivity contribution >= 4 is 66.9 Å². The molecule has 0 bridgehead atoms. The predicted octanol–water partition coefficient (Wildman–Crippen LogP) is 6.31. The molecule has 0 spiro atoms. The Morgan fingerprint density at radius 1 is 0.892 bits per heavy atom. The monoisotopic (exact) mass is 562 g/mol. The second-order valence-electron chi connectivity index (χ2n) is 11.6. The predicted molar refractivity (Wildman–Crippen MR) is 158 cm³/mol. The van der Waals surface area contributed by atoms with E-state index >= 15 is 0 Å². The Labute approximate surface area is 270 Å². The van der Waals surface area contributed by atoms with Crippen molar-refractivity contribution in [2.45, 2.75) is 125 Å². The molecule has 9 heteroatoms. The summed E-state index contributed by atoms with van der Waals surface area (Å²) in [6.07, 6.45) is 14.1. The summed E-state index contributed by atoms with van der Waals surface area (Å²) in [6, 6.07) is 1.91. The van der Waals surface area contributed by atoms with E-state index in [4.69, 9.17) is 24.0 Å². The zero-order valence-electron chi connectivity index (χ0n) is 23.1. The summed E-state index contributed by atoms with van der Waals surface area (Å²) in [5, 5.41) is 10.1. The number of aromatic hydroxyl groups is 1. The molecule has 208 valence electrons. The Morgan fingerprint density at radius 2 is 1.35 bits per heavy atom. The molecule has 0 amide bonds. The van der Waals surface area contributed by atoms with E-state index < -0.39 is 7.82 Å². The van der Waals surface area contributed by atoms with Gasteiger partial charge in [-0.05, 0) is 87.0 Å². The van der Waals surface area contributed by atoms with Crippen LogP contribution in [0.4, 0.5) is 0 Å². The second kappa shape index (κ2) is 19.1. The standard InChI is InChI=1S/C28H48O2.2Na.H3O4P.2H/c1-20(2)11-8-12-21(3)13-9-14-22(4)15-10-17-28(7)18-16-25-19-26(29)23(5)24(6)27(25)30-28;;;1-5(2,3)4;;/h19-22,29H,8-18H2,1-7H3;;;(H3,1,2,3,4);;/t21-,22-,28-;;;;;/m1...../s1. The average molecular weight is 563 g/mol. The molecule has 2 rings (SSSR count). The first-order valence-electron chi connectivity index (χ1n) is 13.4. The molecule has 6 nitrogen and oxygen atoms in total. The molecular formula is C28H53Na2O6P. The Bertz CT molecular complexity index is 821. The van der Waals surface area contributed by atoms with Gasteiger partial charge in [0.1, 0.15) is 17.1 Å². The Morgan fingerprint density at radius 3 is 1.84 bits per heavy atom. The summed E-state index contributed by atoms with van der Waals surface area (Å²) in [6.45, 7) is 15.9. The summed E-state index contributed by atoms with van der Waals surface area (Å²) in [7, 11) is -4.64. The van der Waals surface area contributed by atoms with E-state index in [1.54, 1.807) is 0 Å². The number of rotatable bonds is 12. The molecule has 1 aromatic carbocycles. The fourth-order valence-corrected chi connectivity index (χ4v) is 4.94. The number of aryl methyl sites for hydroxylation is 1. The number of phosphoric acid groups is 1. The zero-order chi connectivity index (χ0) is 26.8. The molecule has 0 saturated heterocycles. The van der Waals surface area contributed by atoms with Crippen molar-refractivity contribution in [3.63, 3.8) is 0 Å². The fraction of sp³-hybridized carbons (Fsp3) is 0.786. The van der Waals surface area contributed by atoms with Crippen LogP contribution < -0.4 is 4.74 Å². The summed E-state index contributed by atoms with van der Waals surface area (Å²) >= 11 is 0. The summed E-state index contributed by atoms with van der Waals surface area (Å²) in [5.41, 5.74) is 3.16. The van der Waals surface area contributed by atoms with Crippen LogP contribution in [0.15, 0.2) is 6.07 Å². The third kappa shape index (κ3) is 17.4. The summed E-state index contributed by atoms with van der Waals surface area (Å²) in [4.78, 5) is 21.6. The van der Waals surface area contributed by atoms with Crippen molar-refractivity contribution in [1.29, 1.82) is 0 Å². The molecule has 0 fully saturated rings. The average Bonchev–Trinajstić information content (AvgIpc) is 2.71. The van der Waals surface area contributed by atoms with Crippen molar-refractivity contribution in [2.75, 3.05) is 0 Å². The Hall–Kier alpha value is 0.930. The third-order valence-electron chi connectivity index (χ3n) is 7.44. The van der Waals surface area contributed by atoms with Gasteiger partial charge in [0.05, 0.1) is 0 Å². The van der Waals surface area contributed by atoms with Crippen LogP contribution in [0.5, 0.6) is 11.5 Å². The van der Waals surface area contributed by atoms with Gasteiger partial charge >= 0.3 is 66.9 Å². The number of hydrogen-bond acceptors (Lipinski definition) is 3. The number of hydrogen-bond donors (Lipinski definition) is 4. The Kier molecular flexibility index (Phi) is 20.7. The first-order chi connectivity index (χ1) is 16.1. The zero-order valence-corrected chi connectivity index (χ0v) is 24.0. The van der Waals surface area contributed by atoms with Crippen LogP contribution in [0, 0.1) is 31.6 Å². The normalized spacial score (nSPS) is 18.4. The molecule has 0 saturated carbocycles. The maximum absolute atomic E-state index is 10.1. The van der Waals surface area contributed by atoms with Gasteiger partial charge in [-0.1, -0.05) is 72.6 Å². The van der Waals surface area contributed by atoms with Crippen molar-refractivity contribution in [1.82, 2.24) is 0 Å². The molecule has 37 heavy (non-hydrogen) atoms. The van der Waals surface area contributed by atoms with Gasteiger partial charge in [0.2, 0.25) is 0 Å². The minimum atomic E-state index is -4.64. The summed E-state index contributed by atoms with van der Waals surface area (Å²) in [5.74, 6) is 3.98. The molecule has 0 aromatic heterocycles. The van der Waals surface area contributed by atoms with E-state index in [0.29, 0.717) is 5.75 Å². The van der Waals surface area contributed by atoms with Crippen LogP contribution in [0.1, 0.15) is 116 Å². The quantitative estimate of drug-likeness (QED) is 0.176. The van der Waals surface area contributed by atoms with E-state index in [1.165, 1.54) is 56.9 Å². The van der Waals surface area contributed by atoms with Crippen LogP contribution in [0.25, 0.3) is 0 Å². The van der Waals surface area contributed by atoms with Crippen LogP contribution in [0.2, 0.25) is 0 Å². The summed E-state index contributed by atoms with van der Waals surface area (Å²) < 4.78 is 15.4. The molecule has 0 unspecified atom stereocenters. The fourth-order valence-electron chi connectivity index (χ4n) is 4.94. The molecule has 1 aliphatic rings. The van der Waals surface area contributed by atoms with E-state index in [0.717, 1.165) is 53.9 Å². The van der Waals surface area contributed by atoms with Gasteiger partial charge in [-0.2, -0.15) is 0 Å². The van der Waals surface area contributed by atoms with Gasteiger partial charge in [-0.25, -0.2) is 4.57 Å². The third-order valence-corrected chi connectivity index (χ3v) is 7.44. The van der Waals surface area contributed by atoms with Crippen molar-refractivity contribution in [3.05, 3.63) is 22.8 Å². The van der Waals surface area contributed by atoms with Crippen LogP contribution in [-0.4, -0.2) is 84.5 Å². The molecule has 0 radical (unpaired) electrons. The van der Waals surface area contributed by atoms with E-state index in [9.17, 15) is 5.11 Å². The molecule has 0 aliphatic carbocycles. The van der Waals surface area contributed by atoms with Gasteiger partial charge < -0.3 is 24.5 Å².